The Kier molecular flexibility index (Phi) is 7.88. The molecule has 1 saturated heterocycles. The van der Waals surface area contributed by atoms with Gasteiger partial charge in [-0.25, -0.2) is 18.6 Å². The molecule has 0 bridgehead atoms. The molecule has 4 heterocycles. The van der Waals surface area contributed by atoms with Crippen LogP contribution in [0.3, 0.4) is 0 Å². The fourth-order valence-electron chi connectivity index (χ4n) is 5.91. The van der Waals surface area contributed by atoms with Crippen molar-refractivity contribution in [2.24, 2.45) is 5.73 Å². The van der Waals surface area contributed by atoms with E-state index in [0.29, 0.717) is 36.6 Å². The number of rotatable bonds is 6. The van der Waals surface area contributed by atoms with Crippen LogP contribution in [0, 0.1) is 13.8 Å². The number of nitrogens with two attached hydrogens (primary N) is 1. The maximum Gasteiger partial charge on any atom is 0.355 e. The highest BCUT2D eigenvalue weighted by atomic mass is 32.1. The molecule has 232 valence electrons. The van der Waals surface area contributed by atoms with Crippen molar-refractivity contribution in [3.8, 4) is 27.3 Å². The molecule has 0 saturated carbocycles. The molecule has 0 aliphatic carbocycles. The highest BCUT2D eigenvalue weighted by Crippen LogP contribution is 2.43. The summed E-state index contributed by atoms with van der Waals surface area (Å²) in [7, 11) is 0. The molecule has 2 aliphatic rings. The number of carboxylic acid groups (broad SMARTS) is 1. The van der Waals surface area contributed by atoms with Crippen molar-refractivity contribution in [3.05, 3.63) is 87.0 Å². The van der Waals surface area contributed by atoms with Crippen molar-refractivity contribution in [2.45, 2.75) is 39.2 Å². The van der Waals surface area contributed by atoms with Crippen LogP contribution in [0.1, 0.15) is 60.0 Å². The molecule has 0 spiro atoms. The van der Waals surface area contributed by atoms with Crippen LogP contribution in [0.5, 0.6) is 5.75 Å². The Morgan fingerprint density at radius 3 is 2.51 bits per heavy atom. The predicted molar refractivity (Wildman–Crippen MR) is 166 cm³/mol. The Balaban J connectivity index is 1.49. The molecule has 0 radical (unpaired) electrons. The van der Waals surface area contributed by atoms with Gasteiger partial charge in [-0.05, 0) is 71.8 Å². The molecule has 1 fully saturated rings. The molecule has 2 aromatic carbocycles. The van der Waals surface area contributed by atoms with Crippen LogP contribution >= 0.6 is 11.3 Å². The first-order valence-corrected chi connectivity index (χ1v) is 15.2. The summed E-state index contributed by atoms with van der Waals surface area (Å²) in [4.78, 5) is 45.7. The van der Waals surface area contributed by atoms with E-state index in [1.807, 2.05) is 37.4 Å². The van der Waals surface area contributed by atoms with Crippen molar-refractivity contribution < 1.29 is 33.0 Å². The lowest BCUT2D eigenvalue weighted by Gasteiger charge is -2.19. The Morgan fingerprint density at radius 2 is 1.84 bits per heavy atom. The third kappa shape index (κ3) is 5.78. The third-order valence-corrected chi connectivity index (χ3v) is 9.11. The number of alkyl halides is 2. The summed E-state index contributed by atoms with van der Waals surface area (Å²) in [6.45, 7) is 3.52. The van der Waals surface area contributed by atoms with Gasteiger partial charge in [0.1, 0.15) is 11.4 Å². The summed E-state index contributed by atoms with van der Waals surface area (Å²) in [5.74, 6) is -5.27. The third-order valence-electron chi connectivity index (χ3n) is 8.12. The van der Waals surface area contributed by atoms with Crippen LogP contribution in [-0.2, 0) is 13.0 Å². The van der Waals surface area contributed by atoms with Crippen molar-refractivity contribution in [1.82, 2.24) is 9.88 Å². The van der Waals surface area contributed by atoms with Crippen LogP contribution < -0.4 is 15.8 Å². The summed E-state index contributed by atoms with van der Waals surface area (Å²) in [6, 6.07) is 11.8. The summed E-state index contributed by atoms with van der Waals surface area (Å²) in [5.41, 5.74) is 10.5. The minimum Gasteiger partial charge on any atom is -0.493 e. The summed E-state index contributed by atoms with van der Waals surface area (Å²) in [5, 5.41) is 15.2. The molecule has 12 heteroatoms. The van der Waals surface area contributed by atoms with Gasteiger partial charge in [0.25, 0.3) is 17.7 Å². The quantitative estimate of drug-likeness (QED) is 0.240. The van der Waals surface area contributed by atoms with Gasteiger partial charge in [0.2, 0.25) is 0 Å². The number of carbonyl (C=O) groups excluding carboxylic acids is 2. The topological polar surface area (TPSA) is 135 Å². The second kappa shape index (κ2) is 11.7. The Morgan fingerprint density at radius 1 is 1.09 bits per heavy atom. The van der Waals surface area contributed by atoms with E-state index >= 15 is 0 Å². The van der Waals surface area contributed by atoms with Gasteiger partial charge in [-0.3, -0.25) is 9.59 Å². The largest absolute Gasteiger partial charge is 0.493 e. The lowest BCUT2D eigenvalue weighted by Crippen LogP contribution is -2.32. The first-order valence-electron chi connectivity index (χ1n) is 14.4. The number of anilines is 1. The number of hydrogen-bond acceptors (Lipinski definition) is 7. The number of halogens is 2. The Bertz CT molecular complexity index is 1850. The molecular weight excluding hydrogens is 602 g/mol. The summed E-state index contributed by atoms with van der Waals surface area (Å²) in [6.07, 6.45) is 0.181. The van der Waals surface area contributed by atoms with Gasteiger partial charge >= 0.3 is 5.97 Å². The number of benzene rings is 2. The number of carbonyl (C=O) groups is 3. The van der Waals surface area contributed by atoms with Gasteiger partial charge in [0.05, 0.1) is 13.2 Å². The van der Waals surface area contributed by atoms with Crippen molar-refractivity contribution in [2.75, 3.05) is 25.0 Å². The van der Waals surface area contributed by atoms with Gasteiger partial charge in [-0.15, -0.1) is 11.3 Å². The monoisotopic (exact) mass is 632 g/mol. The lowest BCUT2D eigenvalue weighted by atomic mass is 9.93. The number of fused-ring (bicyclic) bond motifs is 3. The zero-order valence-corrected chi connectivity index (χ0v) is 25.4. The van der Waals surface area contributed by atoms with Crippen LogP contribution in [0.15, 0.2) is 47.8 Å². The number of pyridine rings is 1. The average molecular weight is 633 g/mol. The molecule has 45 heavy (non-hydrogen) atoms. The van der Waals surface area contributed by atoms with E-state index in [0.717, 1.165) is 32.0 Å². The standard InChI is InChI=1S/C33H30F2N4O5S/c1-17-11-19(15-36)12-18(2)27(17)38-30(40)23-13-24-26(44-9-5-20-6-10-45-29(20)24)14-22(23)21-3-4-25(37-28(21)32(42)43)31(41)39-8-7-33(34,35)16-39/h3-4,6,10-14H,5,7-9,15-16,36H2,1-2H3,(H,38,40)(H,42,43). The number of hydrogen-bond donors (Lipinski definition) is 3. The molecule has 0 atom stereocenters. The zero-order valence-electron chi connectivity index (χ0n) is 24.6. The number of thiophene rings is 1. The normalized spacial score (nSPS) is 15.1. The summed E-state index contributed by atoms with van der Waals surface area (Å²) < 4.78 is 33.7. The number of nitrogens with one attached hydrogen (secondary N) is 1. The van der Waals surface area contributed by atoms with Gasteiger partial charge in [-0.1, -0.05) is 12.1 Å². The van der Waals surface area contributed by atoms with E-state index in [-0.39, 0.29) is 28.9 Å². The minimum absolute atomic E-state index is 0.0740. The second-order valence-electron chi connectivity index (χ2n) is 11.3. The maximum absolute atomic E-state index is 14.1. The first kappa shape index (κ1) is 30.4. The van der Waals surface area contributed by atoms with E-state index in [1.54, 1.807) is 12.1 Å². The molecule has 2 aromatic heterocycles. The van der Waals surface area contributed by atoms with Crippen molar-refractivity contribution in [3.63, 3.8) is 0 Å². The molecule has 4 aromatic rings. The number of aromatic carboxylic acids is 1. The molecule has 0 unspecified atom stereocenters. The highest BCUT2D eigenvalue weighted by molar-refractivity contribution is 7.13. The smallest absolute Gasteiger partial charge is 0.355 e. The van der Waals surface area contributed by atoms with E-state index in [2.05, 4.69) is 10.3 Å². The molecule has 6 rings (SSSR count). The Hall–Kier alpha value is -4.68. The number of aromatic nitrogens is 1. The van der Waals surface area contributed by atoms with Crippen LogP contribution in [0.4, 0.5) is 14.5 Å². The molecule has 9 nitrogen and oxygen atoms in total. The Labute approximate surface area is 261 Å². The van der Waals surface area contributed by atoms with Gasteiger partial charge in [0, 0.05) is 58.7 Å². The number of aryl methyl sites for hydroxylation is 2. The number of ether oxygens (including phenoxy) is 1. The van der Waals surface area contributed by atoms with Crippen LogP contribution in [0.25, 0.3) is 21.6 Å². The zero-order chi connectivity index (χ0) is 32.0. The number of carboxylic acids is 1. The van der Waals surface area contributed by atoms with Gasteiger partial charge in [-0.2, -0.15) is 0 Å². The fourth-order valence-corrected chi connectivity index (χ4v) is 6.88. The van der Waals surface area contributed by atoms with Crippen LogP contribution in [-0.4, -0.2) is 58.4 Å². The van der Waals surface area contributed by atoms with E-state index in [1.165, 1.54) is 23.5 Å². The van der Waals surface area contributed by atoms with E-state index in [9.17, 15) is 28.3 Å². The number of likely N-dealkylation sites (tertiary alicyclic amines) is 1. The first-order chi connectivity index (χ1) is 21.5. The van der Waals surface area contributed by atoms with Crippen LogP contribution in [0.2, 0.25) is 0 Å². The molecule has 4 N–H and O–H groups in total. The van der Waals surface area contributed by atoms with Crippen molar-refractivity contribution in [1.29, 1.82) is 0 Å². The number of amides is 2. The van der Waals surface area contributed by atoms with E-state index in [4.69, 9.17) is 10.5 Å². The van der Waals surface area contributed by atoms with Crippen molar-refractivity contribution >= 4 is 34.8 Å². The van der Waals surface area contributed by atoms with Gasteiger partial charge < -0.3 is 25.8 Å². The SMILES string of the molecule is Cc1cc(CN)cc(C)c1NC(=O)c1cc2c(cc1-c1ccc(C(=O)N3CCC(F)(F)C3)nc1C(=O)O)OCCc1ccsc1-2. The second-order valence-corrected chi connectivity index (χ2v) is 12.2. The highest BCUT2D eigenvalue weighted by Gasteiger charge is 2.41. The lowest BCUT2D eigenvalue weighted by molar-refractivity contribution is 0.0119. The fraction of sp³-hybridized carbons (Fsp3) is 0.273. The minimum atomic E-state index is -3.01. The summed E-state index contributed by atoms with van der Waals surface area (Å²) >= 11 is 1.52. The molecule has 2 aliphatic heterocycles. The maximum atomic E-state index is 14.1. The number of nitrogens with zero attached hydrogens (tertiary/aromatic N) is 2. The van der Waals surface area contributed by atoms with E-state index < -0.39 is 42.4 Å². The predicted octanol–water partition coefficient (Wildman–Crippen LogP) is 5.92. The molecule has 2 amide bonds. The average Bonchev–Trinajstić information content (AvgIpc) is 3.59. The van der Waals surface area contributed by atoms with Gasteiger partial charge in [0.15, 0.2) is 5.69 Å². The molecular formula is C33H30F2N4O5S.